The molecule has 3 nitrogen and oxygen atoms in total. The topological polar surface area (TPSA) is 48.7 Å². The summed E-state index contributed by atoms with van der Waals surface area (Å²) in [5, 5.41) is 13.7. The molecule has 1 aliphatic carbocycles. The molecule has 0 aliphatic heterocycles. The first-order chi connectivity index (χ1) is 9.70. The number of pyridine rings is 1. The maximum atomic E-state index is 9.30. The Kier molecular flexibility index (Phi) is 3.31. The van der Waals surface area contributed by atoms with Crippen LogP contribution in [0.5, 0.6) is 0 Å². The first-order valence-corrected chi connectivity index (χ1v) is 7.24. The van der Waals surface area contributed by atoms with Crippen LogP contribution in [0.4, 0.5) is 5.82 Å². The highest BCUT2D eigenvalue weighted by Crippen LogP contribution is 2.37. The largest absolute Gasteiger partial charge is 0.368 e. The second-order valence-corrected chi connectivity index (χ2v) is 6.06. The van der Waals surface area contributed by atoms with Gasteiger partial charge in [-0.25, -0.2) is 4.98 Å². The van der Waals surface area contributed by atoms with Gasteiger partial charge in [-0.15, -0.1) is 0 Å². The Labute approximate surface area is 119 Å². The van der Waals surface area contributed by atoms with E-state index in [-0.39, 0.29) is 0 Å². The lowest BCUT2D eigenvalue weighted by molar-refractivity contribution is 0.361. The number of fused-ring (bicyclic) bond motifs is 1. The van der Waals surface area contributed by atoms with E-state index in [0.717, 1.165) is 23.3 Å². The lowest BCUT2D eigenvalue weighted by atomic mass is 9.89. The van der Waals surface area contributed by atoms with Crippen molar-refractivity contribution in [2.45, 2.75) is 32.6 Å². The molecule has 0 bridgehead atoms. The highest BCUT2D eigenvalue weighted by molar-refractivity contribution is 5.82. The van der Waals surface area contributed by atoms with Gasteiger partial charge in [-0.05, 0) is 30.4 Å². The van der Waals surface area contributed by atoms with E-state index in [1.165, 1.54) is 25.7 Å². The molecule has 1 heterocycles. The highest BCUT2D eigenvalue weighted by atomic mass is 15.0. The summed E-state index contributed by atoms with van der Waals surface area (Å²) in [5.41, 5.74) is 1.91. The Morgan fingerprint density at radius 1 is 1.30 bits per heavy atom. The van der Waals surface area contributed by atoms with E-state index in [1.54, 1.807) is 0 Å². The summed E-state index contributed by atoms with van der Waals surface area (Å²) in [7, 11) is 0. The van der Waals surface area contributed by atoms with Crippen LogP contribution in [0.2, 0.25) is 0 Å². The van der Waals surface area contributed by atoms with Crippen LogP contribution >= 0.6 is 0 Å². The first kappa shape index (κ1) is 12.9. The SMILES string of the molecule is CC1(CNc2nc3ccccc3cc2C#N)CCCC1. The molecule has 0 amide bonds. The average molecular weight is 265 g/mol. The molecule has 1 aromatic carbocycles. The smallest absolute Gasteiger partial charge is 0.144 e. The molecule has 1 aromatic heterocycles. The minimum atomic E-state index is 0.347. The normalized spacial score (nSPS) is 17.0. The van der Waals surface area contributed by atoms with E-state index in [0.29, 0.717) is 11.0 Å². The van der Waals surface area contributed by atoms with Gasteiger partial charge in [0.15, 0.2) is 0 Å². The number of benzene rings is 1. The maximum Gasteiger partial charge on any atom is 0.144 e. The summed E-state index contributed by atoms with van der Waals surface area (Å²) in [6.07, 6.45) is 5.15. The number of para-hydroxylation sites is 1. The number of hydrogen-bond donors (Lipinski definition) is 1. The zero-order valence-electron chi connectivity index (χ0n) is 11.8. The fourth-order valence-electron chi connectivity index (χ4n) is 3.04. The van der Waals surface area contributed by atoms with Crippen LogP contribution in [0, 0.1) is 16.7 Å². The van der Waals surface area contributed by atoms with E-state index in [4.69, 9.17) is 0 Å². The third kappa shape index (κ3) is 2.46. The van der Waals surface area contributed by atoms with Crippen molar-refractivity contribution in [3.05, 3.63) is 35.9 Å². The van der Waals surface area contributed by atoms with Crippen LogP contribution in [0.15, 0.2) is 30.3 Å². The Morgan fingerprint density at radius 2 is 2.05 bits per heavy atom. The summed E-state index contributed by atoms with van der Waals surface area (Å²) in [6, 6.07) is 12.1. The van der Waals surface area contributed by atoms with E-state index in [2.05, 4.69) is 23.3 Å². The van der Waals surface area contributed by atoms with Gasteiger partial charge < -0.3 is 5.32 Å². The van der Waals surface area contributed by atoms with Crippen LogP contribution in [0.3, 0.4) is 0 Å². The lowest BCUT2D eigenvalue weighted by Crippen LogP contribution is -2.23. The quantitative estimate of drug-likeness (QED) is 0.909. The third-order valence-electron chi connectivity index (χ3n) is 4.34. The molecule has 20 heavy (non-hydrogen) atoms. The molecule has 1 fully saturated rings. The molecule has 1 aliphatic rings. The lowest BCUT2D eigenvalue weighted by Gasteiger charge is -2.24. The minimum absolute atomic E-state index is 0.347. The summed E-state index contributed by atoms with van der Waals surface area (Å²) >= 11 is 0. The fourth-order valence-corrected chi connectivity index (χ4v) is 3.04. The van der Waals surface area contributed by atoms with E-state index < -0.39 is 0 Å². The van der Waals surface area contributed by atoms with Crippen molar-refractivity contribution in [2.24, 2.45) is 5.41 Å². The van der Waals surface area contributed by atoms with Crippen LogP contribution in [0.25, 0.3) is 10.9 Å². The van der Waals surface area contributed by atoms with Crippen molar-refractivity contribution in [2.75, 3.05) is 11.9 Å². The van der Waals surface area contributed by atoms with E-state index in [9.17, 15) is 5.26 Å². The molecular formula is C17H19N3. The Balaban J connectivity index is 1.88. The molecule has 102 valence electrons. The summed E-state index contributed by atoms with van der Waals surface area (Å²) in [4.78, 5) is 4.60. The van der Waals surface area contributed by atoms with Gasteiger partial charge in [0.2, 0.25) is 0 Å². The van der Waals surface area contributed by atoms with Crippen molar-refractivity contribution in [1.82, 2.24) is 4.98 Å². The van der Waals surface area contributed by atoms with Crippen LogP contribution in [0.1, 0.15) is 38.2 Å². The summed E-state index contributed by atoms with van der Waals surface area (Å²) < 4.78 is 0. The number of hydrogen-bond acceptors (Lipinski definition) is 3. The molecule has 3 heteroatoms. The van der Waals surface area contributed by atoms with Gasteiger partial charge in [-0.3, -0.25) is 0 Å². The molecule has 0 radical (unpaired) electrons. The van der Waals surface area contributed by atoms with Gasteiger partial charge in [-0.2, -0.15) is 5.26 Å². The van der Waals surface area contributed by atoms with Crippen molar-refractivity contribution >= 4 is 16.7 Å². The Hall–Kier alpha value is -2.08. The second-order valence-electron chi connectivity index (χ2n) is 6.06. The molecule has 0 saturated heterocycles. The van der Waals surface area contributed by atoms with Crippen molar-refractivity contribution in [3.63, 3.8) is 0 Å². The monoisotopic (exact) mass is 265 g/mol. The van der Waals surface area contributed by atoms with Gasteiger partial charge >= 0.3 is 0 Å². The number of rotatable bonds is 3. The fraction of sp³-hybridized carbons (Fsp3) is 0.412. The molecule has 0 unspecified atom stereocenters. The minimum Gasteiger partial charge on any atom is -0.368 e. The number of aromatic nitrogens is 1. The average Bonchev–Trinajstić information content (AvgIpc) is 2.91. The van der Waals surface area contributed by atoms with Crippen LogP contribution in [-0.2, 0) is 0 Å². The Morgan fingerprint density at radius 3 is 2.80 bits per heavy atom. The maximum absolute atomic E-state index is 9.30. The van der Waals surface area contributed by atoms with Crippen LogP contribution in [-0.4, -0.2) is 11.5 Å². The highest BCUT2D eigenvalue weighted by Gasteiger charge is 2.28. The predicted molar refractivity (Wildman–Crippen MR) is 81.5 cm³/mol. The number of nitriles is 1. The second kappa shape index (κ2) is 5.13. The molecule has 3 rings (SSSR count). The van der Waals surface area contributed by atoms with Crippen LogP contribution < -0.4 is 5.32 Å². The summed E-state index contributed by atoms with van der Waals surface area (Å²) in [5.74, 6) is 0.722. The zero-order chi connectivity index (χ0) is 14.0. The molecule has 0 atom stereocenters. The van der Waals surface area contributed by atoms with E-state index in [1.807, 2.05) is 30.3 Å². The molecule has 2 aromatic rings. The van der Waals surface area contributed by atoms with Gasteiger partial charge in [0, 0.05) is 11.9 Å². The van der Waals surface area contributed by atoms with Gasteiger partial charge in [-0.1, -0.05) is 38.0 Å². The van der Waals surface area contributed by atoms with Crippen molar-refractivity contribution in [3.8, 4) is 6.07 Å². The van der Waals surface area contributed by atoms with Gasteiger partial charge in [0.05, 0.1) is 11.1 Å². The zero-order valence-corrected chi connectivity index (χ0v) is 11.8. The number of anilines is 1. The van der Waals surface area contributed by atoms with Gasteiger partial charge in [0.25, 0.3) is 0 Å². The third-order valence-corrected chi connectivity index (χ3v) is 4.34. The predicted octanol–water partition coefficient (Wildman–Crippen LogP) is 4.10. The van der Waals surface area contributed by atoms with Crippen molar-refractivity contribution < 1.29 is 0 Å². The molecule has 1 saturated carbocycles. The number of nitrogens with zero attached hydrogens (tertiary/aromatic N) is 2. The van der Waals surface area contributed by atoms with E-state index >= 15 is 0 Å². The van der Waals surface area contributed by atoms with Gasteiger partial charge in [0.1, 0.15) is 11.9 Å². The van der Waals surface area contributed by atoms with Crippen molar-refractivity contribution in [1.29, 1.82) is 5.26 Å². The standard InChI is InChI=1S/C17H19N3/c1-17(8-4-5-9-17)12-19-16-14(11-18)10-13-6-2-3-7-15(13)20-16/h2-3,6-7,10H,4-5,8-9,12H2,1H3,(H,19,20). The number of nitrogens with one attached hydrogen (secondary N) is 1. The Bertz CT molecular complexity index is 663. The summed E-state index contributed by atoms with van der Waals surface area (Å²) in [6.45, 7) is 3.22. The molecule has 1 N–H and O–H groups in total. The molecule has 0 spiro atoms. The molecular weight excluding hydrogens is 246 g/mol. The first-order valence-electron chi connectivity index (χ1n) is 7.24.